The molecule has 0 aliphatic carbocycles. The third kappa shape index (κ3) is 3.60. The summed E-state index contributed by atoms with van der Waals surface area (Å²) in [6.07, 6.45) is 5.13. The fourth-order valence-corrected chi connectivity index (χ4v) is 4.42. The lowest BCUT2D eigenvalue weighted by atomic mass is 9.97. The molecule has 2 atom stereocenters. The van der Waals surface area contributed by atoms with Gasteiger partial charge in [-0.2, -0.15) is 9.61 Å². The van der Waals surface area contributed by atoms with Gasteiger partial charge in [-0.05, 0) is 39.7 Å². The van der Waals surface area contributed by atoms with E-state index in [0.717, 1.165) is 25.1 Å². The third-order valence-electron chi connectivity index (χ3n) is 6.90. The van der Waals surface area contributed by atoms with Gasteiger partial charge in [-0.3, -0.25) is 4.68 Å². The van der Waals surface area contributed by atoms with Crippen LogP contribution >= 0.6 is 0 Å². The Morgan fingerprint density at radius 1 is 1.29 bits per heavy atom. The Morgan fingerprint density at radius 2 is 2.09 bits per heavy atom. The zero-order valence-corrected chi connectivity index (χ0v) is 19.7. The number of anilines is 2. The van der Waals surface area contributed by atoms with Crippen LogP contribution < -0.4 is 15.4 Å². The van der Waals surface area contributed by atoms with E-state index in [1.807, 2.05) is 26.2 Å². The SMILES string of the molecule is COc1cc(F)cc2c1nc(N)n1nc([C@@H]3CCCN(c4cnn(C(C)(C)[C@H](C)O)c4)C3)nc21. The number of aromatic nitrogens is 6. The molecule has 0 radical (unpaired) electrons. The van der Waals surface area contributed by atoms with Gasteiger partial charge < -0.3 is 20.5 Å². The molecule has 0 amide bonds. The van der Waals surface area contributed by atoms with Crippen molar-refractivity contribution in [2.24, 2.45) is 0 Å². The largest absolute Gasteiger partial charge is 0.494 e. The molecule has 1 aliphatic rings. The molecule has 1 aliphatic heterocycles. The first-order valence-electron chi connectivity index (χ1n) is 11.4. The van der Waals surface area contributed by atoms with Crippen molar-refractivity contribution in [2.75, 3.05) is 30.8 Å². The van der Waals surface area contributed by atoms with Gasteiger partial charge in [0.2, 0.25) is 5.95 Å². The summed E-state index contributed by atoms with van der Waals surface area (Å²) in [4.78, 5) is 11.4. The summed E-state index contributed by atoms with van der Waals surface area (Å²) >= 11 is 0. The first-order valence-corrected chi connectivity index (χ1v) is 11.4. The van der Waals surface area contributed by atoms with E-state index in [0.29, 0.717) is 34.7 Å². The lowest BCUT2D eigenvalue weighted by Crippen LogP contribution is -2.38. The van der Waals surface area contributed by atoms with Crippen LogP contribution in [0.1, 0.15) is 45.4 Å². The highest BCUT2D eigenvalue weighted by Gasteiger charge is 2.30. The van der Waals surface area contributed by atoms with Crippen LogP contribution in [0.4, 0.5) is 16.0 Å². The van der Waals surface area contributed by atoms with Gasteiger partial charge in [-0.15, -0.1) is 5.10 Å². The minimum absolute atomic E-state index is 0.0617. The molecule has 3 N–H and O–H groups in total. The molecule has 0 bridgehead atoms. The van der Waals surface area contributed by atoms with Crippen LogP contribution in [0.2, 0.25) is 0 Å². The quantitative estimate of drug-likeness (QED) is 0.459. The van der Waals surface area contributed by atoms with Crippen molar-refractivity contribution in [1.29, 1.82) is 0 Å². The Kier molecular flexibility index (Phi) is 5.31. The molecule has 180 valence electrons. The van der Waals surface area contributed by atoms with Crippen molar-refractivity contribution in [3.63, 3.8) is 0 Å². The molecular formula is C23H29FN8O2. The van der Waals surface area contributed by atoms with Crippen molar-refractivity contribution in [3.05, 3.63) is 36.2 Å². The number of nitrogen functional groups attached to an aromatic ring is 1. The average molecular weight is 469 g/mol. The minimum Gasteiger partial charge on any atom is -0.494 e. The van der Waals surface area contributed by atoms with Gasteiger partial charge in [0.05, 0.1) is 36.0 Å². The first kappa shape index (κ1) is 22.3. The summed E-state index contributed by atoms with van der Waals surface area (Å²) in [5.74, 6) is 0.732. The topological polar surface area (TPSA) is 120 Å². The predicted molar refractivity (Wildman–Crippen MR) is 127 cm³/mol. The number of hydrogen-bond donors (Lipinski definition) is 2. The van der Waals surface area contributed by atoms with Gasteiger partial charge >= 0.3 is 0 Å². The zero-order chi connectivity index (χ0) is 24.2. The van der Waals surface area contributed by atoms with E-state index in [-0.39, 0.29) is 11.9 Å². The second kappa shape index (κ2) is 8.08. The highest BCUT2D eigenvalue weighted by molar-refractivity contribution is 5.95. The number of rotatable bonds is 5. The van der Waals surface area contributed by atoms with E-state index in [9.17, 15) is 9.50 Å². The van der Waals surface area contributed by atoms with E-state index in [4.69, 9.17) is 15.5 Å². The number of hydrogen-bond acceptors (Lipinski definition) is 8. The molecule has 1 aromatic carbocycles. The average Bonchev–Trinajstić information content (AvgIpc) is 3.48. The monoisotopic (exact) mass is 468 g/mol. The van der Waals surface area contributed by atoms with Crippen LogP contribution in [0.25, 0.3) is 16.6 Å². The molecule has 5 rings (SSSR count). The van der Waals surface area contributed by atoms with Gasteiger partial charge in [0.1, 0.15) is 17.1 Å². The molecule has 1 fully saturated rings. The van der Waals surface area contributed by atoms with Crippen LogP contribution in [0.15, 0.2) is 24.5 Å². The van der Waals surface area contributed by atoms with E-state index >= 15 is 0 Å². The summed E-state index contributed by atoms with van der Waals surface area (Å²) in [6, 6.07) is 2.66. The Morgan fingerprint density at radius 3 is 2.82 bits per heavy atom. The fourth-order valence-electron chi connectivity index (χ4n) is 4.42. The van der Waals surface area contributed by atoms with E-state index in [1.165, 1.54) is 23.8 Å². The van der Waals surface area contributed by atoms with Gasteiger partial charge in [-0.1, -0.05) is 0 Å². The molecule has 10 nitrogen and oxygen atoms in total. The fraction of sp³-hybridized carbons (Fsp3) is 0.478. The van der Waals surface area contributed by atoms with E-state index in [1.54, 1.807) is 11.6 Å². The van der Waals surface area contributed by atoms with Crippen molar-refractivity contribution < 1.29 is 14.2 Å². The summed E-state index contributed by atoms with van der Waals surface area (Å²) in [5, 5.41) is 19.8. The van der Waals surface area contributed by atoms with Gasteiger partial charge in [0, 0.05) is 31.3 Å². The summed E-state index contributed by atoms with van der Waals surface area (Å²) in [6.45, 7) is 7.27. The second-order valence-electron chi connectivity index (χ2n) is 9.44. The molecule has 34 heavy (non-hydrogen) atoms. The molecule has 0 saturated carbocycles. The van der Waals surface area contributed by atoms with Crippen LogP contribution in [-0.4, -0.2) is 60.8 Å². The maximum absolute atomic E-state index is 14.2. The van der Waals surface area contributed by atoms with Crippen molar-refractivity contribution >= 4 is 28.2 Å². The number of nitrogens with two attached hydrogens (primary N) is 1. The molecular weight excluding hydrogens is 439 g/mol. The van der Waals surface area contributed by atoms with Gasteiger partial charge in [0.25, 0.3) is 0 Å². The maximum atomic E-state index is 14.2. The minimum atomic E-state index is -0.547. The number of aliphatic hydroxyl groups is 1. The van der Waals surface area contributed by atoms with Crippen molar-refractivity contribution in [2.45, 2.75) is 51.2 Å². The molecule has 11 heteroatoms. The maximum Gasteiger partial charge on any atom is 0.223 e. The standard InChI is InChI=1S/C23H29FN8O2/c1-13(33)23(2,3)31-12-16(10-26-31)30-7-5-6-14(11-30)20-28-21-17-8-15(24)9-18(34-4)19(17)27-22(25)32(21)29-20/h8-10,12-14,33H,5-7,11H2,1-4H3,(H2,25,27)/t13-,14+/m0/s1. The van der Waals surface area contributed by atoms with Crippen LogP contribution in [0.3, 0.4) is 0 Å². The Balaban J connectivity index is 1.48. The number of piperidine rings is 1. The highest BCUT2D eigenvalue weighted by Crippen LogP contribution is 2.33. The number of halogens is 1. The second-order valence-corrected chi connectivity index (χ2v) is 9.44. The number of ether oxygens (including phenoxy) is 1. The summed E-state index contributed by atoms with van der Waals surface area (Å²) in [7, 11) is 1.46. The first-order chi connectivity index (χ1) is 16.2. The third-order valence-corrected chi connectivity index (χ3v) is 6.90. The number of aliphatic hydroxyl groups excluding tert-OH is 1. The smallest absolute Gasteiger partial charge is 0.223 e. The van der Waals surface area contributed by atoms with E-state index in [2.05, 4.69) is 20.1 Å². The number of methoxy groups -OCH3 is 1. The van der Waals surface area contributed by atoms with E-state index < -0.39 is 17.5 Å². The predicted octanol–water partition coefficient (Wildman–Crippen LogP) is 2.70. The highest BCUT2D eigenvalue weighted by atomic mass is 19.1. The van der Waals surface area contributed by atoms with Gasteiger partial charge in [0.15, 0.2) is 11.5 Å². The lowest BCUT2D eigenvalue weighted by molar-refractivity contribution is 0.0647. The van der Waals surface area contributed by atoms with Crippen molar-refractivity contribution in [1.82, 2.24) is 29.4 Å². The number of fused-ring (bicyclic) bond motifs is 3. The Bertz CT molecular complexity index is 1360. The van der Waals surface area contributed by atoms with Crippen LogP contribution in [0, 0.1) is 5.82 Å². The van der Waals surface area contributed by atoms with Crippen LogP contribution in [0.5, 0.6) is 5.75 Å². The van der Waals surface area contributed by atoms with Crippen LogP contribution in [-0.2, 0) is 5.54 Å². The molecule has 0 unspecified atom stereocenters. The van der Waals surface area contributed by atoms with Gasteiger partial charge in [-0.25, -0.2) is 14.4 Å². The summed E-state index contributed by atoms with van der Waals surface area (Å²) < 4.78 is 22.8. The molecule has 3 aromatic heterocycles. The number of benzene rings is 1. The zero-order valence-electron chi connectivity index (χ0n) is 19.7. The lowest BCUT2D eigenvalue weighted by Gasteiger charge is -2.32. The molecule has 0 spiro atoms. The Hall–Kier alpha value is -3.47. The summed E-state index contributed by atoms with van der Waals surface area (Å²) in [5.41, 5.74) is 7.55. The number of nitrogens with zero attached hydrogens (tertiary/aromatic N) is 7. The molecule has 4 heterocycles. The van der Waals surface area contributed by atoms with Crippen molar-refractivity contribution in [3.8, 4) is 5.75 Å². The Labute approximate surface area is 196 Å². The molecule has 1 saturated heterocycles. The molecule has 4 aromatic rings. The normalized spacial score (nSPS) is 18.1.